The first kappa shape index (κ1) is 11.4. The fraction of sp³-hybridized carbons (Fsp3) is 0.400. The summed E-state index contributed by atoms with van der Waals surface area (Å²) >= 11 is 3.19. The van der Waals surface area contributed by atoms with Gasteiger partial charge in [0, 0.05) is 0 Å². The maximum absolute atomic E-state index is 11.4. The zero-order chi connectivity index (χ0) is 12.8. The molecule has 0 radical (unpaired) electrons. The number of tetrazole rings is 1. The number of aromatic nitrogens is 4. The van der Waals surface area contributed by atoms with E-state index in [1.165, 1.54) is 4.68 Å². The van der Waals surface area contributed by atoms with Crippen molar-refractivity contribution in [2.45, 2.75) is 24.8 Å². The molecule has 0 saturated heterocycles. The molecule has 2 aromatic rings. The van der Waals surface area contributed by atoms with Crippen LogP contribution in [-0.4, -0.2) is 31.3 Å². The Hall–Kier alpha value is -1.70. The topological polar surface area (TPSA) is 94.0 Å². The summed E-state index contributed by atoms with van der Waals surface area (Å²) in [4.78, 5) is 11.4. The zero-order valence-electron chi connectivity index (χ0n) is 9.21. The second-order valence-corrected chi connectivity index (χ2v) is 4.99. The van der Waals surface area contributed by atoms with Crippen molar-refractivity contribution in [3.63, 3.8) is 0 Å². The van der Waals surface area contributed by atoms with E-state index in [0.717, 1.165) is 6.42 Å². The van der Waals surface area contributed by atoms with Gasteiger partial charge in [0.1, 0.15) is 0 Å². The number of aliphatic carboxylic acids is 1. The van der Waals surface area contributed by atoms with Gasteiger partial charge in [0.25, 0.3) is 0 Å². The predicted octanol–water partition coefficient (Wildman–Crippen LogP) is 1.66. The molecule has 0 aliphatic heterocycles. The van der Waals surface area contributed by atoms with Crippen LogP contribution in [0.25, 0.3) is 11.6 Å². The fourth-order valence-corrected chi connectivity index (χ4v) is 2.40. The van der Waals surface area contributed by atoms with Crippen LogP contribution in [0.1, 0.15) is 19.3 Å². The molecule has 8 heteroatoms. The number of hydrogen-bond donors (Lipinski definition) is 1. The van der Waals surface area contributed by atoms with Gasteiger partial charge in [-0.15, -0.1) is 5.10 Å². The molecule has 1 aliphatic carbocycles. The van der Waals surface area contributed by atoms with E-state index in [2.05, 4.69) is 31.5 Å². The summed E-state index contributed by atoms with van der Waals surface area (Å²) < 4.78 is 7.27. The highest BCUT2D eigenvalue weighted by Gasteiger charge is 2.49. The van der Waals surface area contributed by atoms with Gasteiger partial charge in [-0.2, -0.15) is 0 Å². The minimum atomic E-state index is -1.03. The molecule has 1 N–H and O–H groups in total. The molecule has 2 aromatic heterocycles. The van der Waals surface area contributed by atoms with Crippen LogP contribution in [0.4, 0.5) is 0 Å². The Bertz CT molecular complexity index is 602. The third-order valence-corrected chi connectivity index (χ3v) is 3.67. The van der Waals surface area contributed by atoms with E-state index < -0.39 is 11.5 Å². The molecule has 0 unspecified atom stereocenters. The molecule has 3 rings (SSSR count). The number of halogens is 1. The monoisotopic (exact) mass is 312 g/mol. The molecule has 2 heterocycles. The molecule has 18 heavy (non-hydrogen) atoms. The van der Waals surface area contributed by atoms with Gasteiger partial charge in [-0.05, 0) is 57.8 Å². The molecule has 0 bridgehead atoms. The van der Waals surface area contributed by atoms with Crippen LogP contribution in [0.2, 0.25) is 0 Å². The summed E-state index contributed by atoms with van der Waals surface area (Å²) in [7, 11) is 0. The predicted molar refractivity (Wildman–Crippen MR) is 62.7 cm³/mol. The number of hydrogen-bond acceptors (Lipinski definition) is 5. The lowest BCUT2D eigenvalue weighted by atomic mass is 9.77. The van der Waals surface area contributed by atoms with E-state index in [0.29, 0.717) is 29.1 Å². The maximum Gasteiger partial charge on any atom is 0.331 e. The number of nitrogens with zero attached hydrogens (tertiary/aromatic N) is 4. The normalized spacial score (nSPS) is 17.4. The molecule has 0 atom stereocenters. The van der Waals surface area contributed by atoms with Crippen LogP contribution in [0.3, 0.4) is 0 Å². The first-order valence-corrected chi connectivity index (χ1v) is 6.21. The third kappa shape index (κ3) is 1.48. The van der Waals surface area contributed by atoms with Gasteiger partial charge in [0.05, 0.1) is 0 Å². The second kappa shape index (κ2) is 3.91. The molecule has 0 amide bonds. The molecule has 1 saturated carbocycles. The third-order valence-electron chi connectivity index (χ3n) is 3.25. The Kier molecular flexibility index (Phi) is 2.47. The molecule has 0 aromatic carbocycles. The van der Waals surface area contributed by atoms with Crippen molar-refractivity contribution in [1.82, 2.24) is 20.2 Å². The summed E-state index contributed by atoms with van der Waals surface area (Å²) in [5, 5.41) is 20.6. The fourth-order valence-electron chi connectivity index (χ4n) is 2.09. The smallest absolute Gasteiger partial charge is 0.331 e. The lowest BCUT2D eigenvalue weighted by molar-refractivity contribution is -0.153. The van der Waals surface area contributed by atoms with E-state index in [1.807, 2.05) is 0 Å². The van der Waals surface area contributed by atoms with Gasteiger partial charge < -0.3 is 9.52 Å². The molecule has 1 fully saturated rings. The van der Waals surface area contributed by atoms with Gasteiger partial charge >= 0.3 is 5.97 Å². The van der Waals surface area contributed by atoms with Gasteiger partial charge in [-0.3, -0.25) is 0 Å². The maximum atomic E-state index is 11.4. The average Bonchev–Trinajstić information content (AvgIpc) is 2.84. The summed E-state index contributed by atoms with van der Waals surface area (Å²) in [5.74, 6) is -0.130. The summed E-state index contributed by atoms with van der Waals surface area (Å²) in [6.07, 6.45) is 1.91. The van der Waals surface area contributed by atoms with Gasteiger partial charge in [-0.1, -0.05) is 0 Å². The SMILES string of the molecule is O=C(O)C1(n2nnnc2-c2ccc(Br)o2)CCC1. The van der Waals surface area contributed by atoms with Crippen molar-refractivity contribution in [2.24, 2.45) is 0 Å². The molecule has 0 spiro atoms. The van der Waals surface area contributed by atoms with Crippen LogP contribution in [0.15, 0.2) is 21.2 Å². The number of furan rings is 1. The number of carboxylic acid groups (broad SMARTS) is 1. The first-order chi connectivity index (χ1) is 8.63. The standard InChI is InChI=1S/C10H9BrN4O3/c11-7-3-2-6(18-7)8-12-13-14-15(8)10(9(16)17)4-1-5-10/h2-3H,1,4-5H2,(H,16,17). The Morgan fingerprint density at radius 1 is 1.50 bits per heavy atom. The van der Waals surface area contributed by atoms with Crippen LogP contribution in [0, 0.1) is 0 Å². The van der Waals surface area contributed by atoms with Gasteiger partial charge in [0.2, 0.25) is 5.82 Å². The van der Waals surface area contributed by atoms with E-state index >= 15 is 0 Å². The van der Waals surface area contributed by atoms with Crippen molar-refractivity contribution in [3.8, 4) is 11.6 Å². The number of carbonyl (C=O) groups is 1. The van der Waals surface area contributed by atoms with E-state index in [1.54, 1.807) is 12.1 Å². The van der Waals surface area contributed by atoms with Gasteiger partial charge in [-0.25, -0.2) is 9.48 Å². The lowest BCUT2D eigenvalue weighted by Gasteiger charge is -2.37. The number of rotatable bonds is 3. The van der Waals surface area contributed by atoms with E-state index in [-0.39, 0.29) is 0 Å². The van der Waals surface area contributed by atoms with Crippen molar-refractivity contribution in [2.75, 3.05) is 0 Å². The molecule has 7 nitrogen and oxygen atoms in total. The Balaban J connectivity index is 2.09. The van der Waals surface area contributed by atoms with Crippen LogP contribution in [0.5, 0.6) is 0 Å². The summed E-state index contributed by atoms with van der Waals surface area (Å²) in [6.45, 7) is 0. The lowest BCUT2D eigenvalue weighted by Crippen LogP contribution is -2.48. The molecule has 94 valence electrons. The van der Waals surface area contributed by atoms with Crippen LogP contribution >= 0.6 is 15.9 Å². The van der Waals surface area contributed by atoms with Gasteiger partial charge in [0.15, 0.2) is 16.0 Å². The van der Waals surface area contributed by atoms with E-state index in [4.69, 9.17) is 4.42 Å². The average molecular weight is 313 g/mol. The first-order valence-electron chi connectivity index (χ1n) is 5.41. The van der Waals surface area contributed by atoms with E-state index in [9.17, 15) is 9.90 Å². The summed E-state index contributed by atoms with van der Waals surface area (Å²) in [6, 6.07) is 3.41. The van der Waals surface area contributed by atoms with Crippen molar-refractivity contribution < 1.29 is 14.3 Å². The highest BCUT2D eigenvalue weighted by Crippen LogP contribution is 2.41. The zero-order valence-corrected chi connectivity index (χ0v) is 10.8. The largest absolute Gasteiger partial charge is 0.479 e. The Morgan fingerprint density at radius 3 is 2.78 bits per heavy atom. The quantitative estimate of drug-likeness (QED) is 0.926. The van der Waals surface area contributed by atoms with Crippen LogP contribution in [-0.2, 0) is 10.3 Å². The highest BCUT2D eigenvalue weighted by molar-refractivity contribution is 9.10. The number of carboxylic acids is 1. The minimum Gasteiger partial charge on any atom is -0.479 e. The molecular formula is C10H9BrN4O3. The van der Waals surface area contributed by atoms with Crippen LogP contribution < -0.4 is 0 Å². The molecule has 1 aliphatic rings. The second-order valence-electron chi connectivity index (χ2n) is 4.21. The Morgan fingerprint density at radius 2 is 2.28 bits per heavy atom. The highest BCUT2D eigenvalue weighted by atomic mass is 79.9. The van der Waals surface area contributed by atoms with Crippen molar-refractivity contribution in [1.29, 1.82) is 0 Å². The van der Waals surface area contributed by atoms with Crippen molar-refractivity contribution >= 4 is 21.9 Å². The molecular weight excluding hydrogens is 304 g/mol. The summed E-state index contributed by atoms with van der Waals surface area (Å²) in [5.41, 5.74) is -1.03. The van der Waals surface area contributed by atoms with Crippen molar-refractivity contribution in [3.05, 3.63) is 16.8 Å². The Labute approximate surface area is 110 Å². The minimum absolute atomic E-state index is 0.336.